The van der Waals surface area contributed by atoms with Crippen molar-refractivity contribution < 1.29 is 4.79 Å². The number of benzene rings is 1. The maximum Gasteiger partial charge on any atom is 0.246 e. The van der Waals surface area contributed by atoms with Crippen molar-refractivity contribution in [1.82, 2.24) is 14.7 Å². The number of rotatable bonds is 3. The van der Waals surface area contributed by atoms with Crippen molar-refractivity contribution >= 4 is 29.3 Å². The summed E-state index contributed by atoms with van der Waals surface area (Å²) in [6.07, 6.45) is 7.02. The summed E-state index contributed by atoms with van der Waals surface area (Å²) < 4.78 is 1.71. The molecule has 120 valence electrons. The number of aromatic nitrogens is 2. The lowest BCUT2D eigenvalue weighted by atomic mass is 10.2. The van der Waals surface area contributed by atoms with E-state index in [1.807, 2.05) is 42.4 Å². The van der Waals surface area contributed by atoms with Crippen LogP contribution in [0.5, 0.6) is 0 Å². The van der Waals surface area contributed by atoms with Crippen LogP contribution in [0.15, 0.2) is 42.7 Å². The number of piperazine rings is 1. The molecule has 0 N–H and O–H groups in total. The van der Waals surface area contributed by atoms with Gasteiger partial charge in [0.15, 0.2) is 0 Å². The highest BCUT2D eigenvalue weighted by atomic mass is 35.5. The number of halogens is 1. The molecular weight excluding hydrogens is 312 g/mol. The van der Waals surface area contributed by atoms with Gasteiger partial charge in [-0.3, -0.25) is 9.48 Å². The zero-order valence-electron chi connectivity index (χ0n) is 13.0. The molecule has 1 aliphatic heterocycles. The van der Waals surface area contributed by atoms with Crippen LogP contribution in [-0.4, -0.2) is 46.8 Å². The SMILES string of the molecule is Cn1cc(/C=C/C(=O)N2CCN(c3ccccc3Cl)CC2)cn1. The van der Waals surface area contributed by atoms with Crippen molar-refractivity contribution in [2.75, 3.05) is 31.1 Å². The number of hydrogen-bond acceptors (Lipinski definition) is 3. The van der Waals surface area contributed by atoms with Gasteiger partial charge in [0.2, 0.25) is 5.91 Å². The lowest BCUT2D eigenvalue weighted by Gasteiger charge is -2.36. The molecule has 1 amide bonds. The van der Waals surface area contributed by atoms with Gasteiger partial charge in [-0.1, -0.05) is 23.7 Å². The first-order valence-electron chi connectivity index (χ1n) is 7.58. The van der Waals surface area contributed by atoms with E-state index < -0.39 is 0 Å². The van der Waals surface area contributed by atoms with Crippen molar-refractivity contribution in [3.63, 3.8) is 0 Å². The van der Waals surface area contributed by atoms with Gasteiger partial charge in [0.1, 0.15) is 0 Å². The Bertz CT molecular complexity index is 717. The maximum atomic E-state index is 12.3. The summed E-state index contributed by atoms with van der Waals surface area (Å²) in [5.74, 6) is 0.0349. The van der Waals surface area contributed by atoms with Crippen LogP contribution in [0.25, 0.3) is 6.08 Å². The van der Waals surface area contributed by atoms with Crippen LogP contribution in [0.3, 0.4) is 0 Å². The number of nitrogens with zero attached hydrogens (tertiary/aromatic N) is 4. The zero-order valence-corrected chi connectivity index (χ0v) is 13.8. The van der Waals surface area contributed by atoms with Gasteiger partial charge in [-0.2, -0.15) is 5.10 Å². The summed E-state index contributed by atoms with van der Waals surface area (Å²) >= 11 is 6.23. The molecule has 1 aliphatic rings. The first-order valence-corrected chi connectivity index (χ1v) is 7.96. The molecule has 0 aliphatic carbocycles. The van der Waals surface area contributed by atoms with Crippen LogP contribution in [0, 0.1) is 0 Å². The van der Waals surface area contributed by atoms with Crippen LogP contribution in [0.4, 0.5) is 5.69 Å². The monoisotopic (exact) mass is 330 g/mol. The Hall–Kier alpha value is -2.27. The van der Waals surface area contributed by atoms with E-state index in [9.17, 15) is 4.79 Å². The summed E-state index contributed by atoms with van der Waals surface area (Å²) in [6, 6.07) is 7.82. The van der Waals surface area contributed by atoms with Crippen LogP contribution in [0.1, 0.15) is 5.56 Å². The lowest BCUT2D eigenvalue weighted by Crippen LogP contribution is -2.48. The largest absolute Gasteiger partial charge is 0.367 e. The second-order valence-corrected chi connectivity index (χ2v) is 5.95. The molecule has 2 aromatic rings. The Kier molecular flexibility index (Phi) is 4.67. The van der Waals surface area contributed by atoms with Gasteiger partial charge in [0, 0.05) is 51.1 Å². The van der Waals surface area contributed by atoms with E-state index in [1.165, 1.54) is 0 Å². The molecule has 3 rings (SSSR count). The van der Waals surface area contributed by atoms with E-state index in [0.29, 0.717) is 13.1 Å². The van der Waals surface area contributed by atoms with Crippen molar-refractivity contribution in [1.29, 1.82) is 0 Å². The second kappa shape index (κ2) is 6.87. The van der Waals surface area contributed by atoms with Crippen molar-refractivity contribution in [3.05, 3.63) is 53.3 Å². The van der Waals surface area contributed by atoms with Gasteiger partial charge in [0.05, 0.1) is 16.9 Å². The average Bonchev–Trinajstić information content (AvgIpc) is 2.99. The number of aryl methyl sites for hydroxylation is 1. The summed E-state index contributed by atoms with van der Waals surface area (Å²) in [5.41, 5.74) is 1.96. The minimum atomic E-state index is 0.0349. The predicted octanol–water partition coefficient (Wildman–Crippen LogP) is 2.44. The smallest absolute Gasteiger partial charge is 0.246 e. The Balaban J connectivity index is 1.57. The van der Waals surface area contributed by atoms with Crippen LogP contribution < -0.4 is 4.90 Å². The third kappa shape index (κ3) is 3.74. The van der Waals surface area contributed by atoms with Crippen LogP contribution >= 0.6 is 11.6 Å². The number of anilines is 1. The van der Waals surface area contributed by atoms with Gasteiger partial charge in [-0.25, -0.2) is 0 Å². The molecule has 0 bridgehead atoms. The van der Waals surface area contributed by atoms with Crippen molar-refractivity contribution in [3.8, 4) is 0 Å². The maximum absolute atomic E-state index is 12.3. The summed E-state index contributed by atoms with van der Waals surface area (Å²) in [7, 11) is 1.85. The van der Waals surface area contributed by atoms with E-state index in [4.69, 9.17) is 11.6 Å². The van der Waals surface area contributed by atoms with Crippen LogP contribution in [0.2, 0.25) is 5.02 Å². The van der Waals surface area contributed by atoms with E-state index in [1.54, 1.807) is 23.0 Å². The molecule has 0 spiro atoms. The molecule has 1 aromatic carbocycles. The molecule has 0 atom stereocenters. The predicted molar refractivity (Wildman–Crippen MR) is 92.5 cm³/mol. The number of hydrogen-bond donors (Lipinski definition) is 0. The van der Waals surface area contributed by atoms with Gasteiger partial charge in [-0.15, -0.1) is 0 Å². The third-order valence-electron chi connectivity index (χ3n) is 3.93. The topological polar surface area (TPSA) is 41.4 Å². The molecule has 1 saturated heterocycles. The number of amides is 1. The molecule has 0 radical (unpaired) electrons. The standard InChI is InChI=1S/C17H19ClN4O/c1-20-13-14(12-19-20)6-7-17(23)22-10-8-21(9-11-22)16-5-3-2-4-15(16)18/h2-7,12-13H,8-11H2,1H3/b7-6+. The van der Waals surface area contributed by atoms with Gasteiger partial charge < -0.3 is 9.80 Å². The molecular formula is C17H19ClN4O. The molecule has 0 unspecified atom stereocenters. The van der Waals surface area contributed by atoms with Gasteiger partial charge in [0.25, 0.3) is 0 Å². The second-order valence-electron chi connectivity index (χ2n) is 5.54. The van der Waals surface area contributed by atoms with Crippen LogP contribution in [-0.2, 0) is 11.8 Å². The van der Waals surface area contributed by atoms with Gasteiger partial charge in [-0.05, 0) is 18.2 Å². The number of para-hydroxylation sites is 1. The van der Waals surface area contributed by atoms with Crippen molar-refractivity contribution in [2.24, 2.45) is 7.05 Å². The molecule has 1 aromatic heterocycles. The number of carbonyl (C=O) groups is 1. The van der Waals surface area contributed by atoms with E-state index >= 15 is 0 Å². The highest BCUT2D eigenvalue weighted by Gasteiger charge is 2.20. The molecule has 23 heavy (non-hydrogen) atoms. The van der Waals surface area contributed by atoms with E-state index in [0.717, 1.165) is 29.4 Å². The van der Waals surface area contributed by atoms with Gasteiger partial charge >= 0.3 is 0 Å². The van der Waals surface area contributed by atoms with E-state index in [2.05, 4.69) is 10.00 Å². The third-order valence-corrected chi connectivity index (χ3v) is 4.25. The lowest BCUT2D eigenvalue weighted by molar-refractivity contribution is -0.126. The first-order chi connectivity index (χ1) is 11.1. The quantitative estimate of drug-likeness (QED) is 0.812. The molecule has 0 saturated carbocycles. The minimum absolute atomic E-state index is 0.0349. The Morgan fingerprint density at radius 1 is 1.22 bits per heavy atom. The molecule has 2 heterocycles. The Morgan fingerprint density at radius 3 is 2.61 bits per heavy atom. The average molecular weight is 331 g/mol. The first kappa shape index (κ1) is 15.6. The molecule has 5 nitrogen and oxygen atoms in total. The summed E-state index contributed by atoms with van der Waals surface area (Å²) in [6.45, 7) is 2.97. The fourth-order valence-electron chi connectivity index (χ4n) is 2.68. The van der Waals surface area contributed by atoms with Crippen molar-refractivity contribution in [2.45, 2.75) is 0 Å². The normalized spacial score (nSPS) is 15.4. The van der Waals surface area contributed by atoms with E-state index in [-0.39, 0.29) is 5.91 Å². The Morgan fingerprint density at radius 2 is 1.96 bits per heavy atom. The number of carbonyl (C=O) groups excluding carboxylic acids is 1. The highest BCUT2D eigenvalue weighted by Crippen LogP contribution is 2.26. The fraction of sp³-hybridized carbons (Fsp3) is 0.294. The fourth-order valence-corrected chi connectivity index (χ4v) is 2.93. The molecule has 1 fully saturated rings. The zero-order chi connectivity index (χ0) is 16.2. The Labute approximate surface area is 140 Å². The summed E-state index contributed by atoms with van der Waals surface area (Å²) in [5, 5.41) is 4.83. The summed E-state index contributed by atoms with van der Waals surface area (Å²) in [4.78, 5) is 16.3. The molecule has 6 heteroatoms. The highest BCUT2D eigenvalue weighted by molar-refractivity contribution is 6.33. The minimum Gasteiger partial charge on any atom is -0.367 e.